The number of anilines is 1. The second-order valence-electron chi connectivity index (χ2n) is 4.83. The van der Waals surface area contributed by atoms with Crippen LogP contribution in [0.25, 0.3) is 0 Å². The van der Waals surface area contributed by atoms with Crippen molar-refractivity contribution in [3.63, 3.8) is 0 Å². The lowest BCUT2D eigenvalue weighted by Gasteiger charge is -2.12. The number of carbonyl (C=O) groups is 2. The Morgan fingerprint density at radius 2 is 1.77 bits per heavy atom. The Bertz CT molecular complexity index is 754. The summed E-state index contributed by atoms with van der Waals surface area (Å²) in [5.41, 5.74) is 2.20. The normalized spacial score (nSPS) is 10.7. The van der Waals surface area contributed by atoms with Crippen LogP contribution < -0.4 is 15.5 Å². The third kappa shape index (κ3) is 5.65. The molecule has 0 unspecified atom stereocenters. The lowest BCUT2D eigenvalue weighted by Crippen LogP contribution is -2.34. The van der Waals surface area contributed by atoms with E-state index in [-0.39, 0.29) is 17.9 Å². The summed E-state index contributed by atoms with van der Waals surface area (Å²) in [7, 11) is 0. The summed E-state index contributed by atoms with van der Waals surface area (Å²) in [5, 5.41) is 3.06. The maximum atomic E-state index is 12.1. The summed E-state index contributed by atoms with van der Waals surface area (Å²) in [6.45, 7) is 0.581. The molecule has 1 aromatic heterocycles. The third-order valence-electron chi connectivity index (χ3n) is 2.97. The molecular formula is C16H14F3N3O4. The minimum atomic E-state index is -5.21. The highest BCUT2D eigenvalue weighted by atomic mass is 19.4. The number of amides is 1. The van der Waals surface area contributed by atoms with Crippen molar-refractivity contribution in [2.45, 2.75) is 6.18 Å². The Labute approximate surface area is 146 Å². The number of nitrogens with one attached hydrogen (secondary N) is 2. The molecule has 1 heterocycles. The van der Waals surface area contributed by atoms with Gasteiger partial charge in [0.25, 0.3) is 5.91 Å². The van der Waals surface area contributed by atoms with Gasteiger partial charge >= 0.3 is 12.1 Å². The van der Waals surface area contributed by atoms with E-state index in [9.17, 15) is 22.8 Å². The van der Waals surface area contributed by atoms with Gasteiger partial charge in [-0.25, -0.2) is 4.79 Å². The number of hydrogen-bond donors (Lipinski definition) is 2. The molecule has 26 heavy (non-hydrogen) atoms. The zero-order chi connectivity index (χ0) is 19.0. The van der Waals surface area contributed by atoms with Crippen molar-refractivity contribution < 1.29 is 32.3 Å². The van der Waals surface area contributed by atoms with Gasteiger partial charge in [0.05, 0.1) is 5.56 Å². The van der Waals surface area contributed by atoms with E-state index in [0.717, 1.165) is 5.69 Å². The number of aromatic nitrogens is 1. The second kappa shape index (κ2) is 8.70. The summed E-state index contributed by atoms with van der Waals surface area (Å²) in [6.07, 6.45) is -1.97. The molecule has 1 aromatic carbocycles. The zero-order valence-corrected chi connectivity index (χ0v) is 13.2. The Balaban J connectivity index is 1.88. The summed E-state index contributed by atoms with van der Waals surface area (Å²) in [5.74, 6) is -3.43. The lowest BCUT2D eigenvalue weighted by atomic mass is 10.2. The average Bonchev–Trinajstić information content (AvgIpc) is 2.63. The Kier molecular flexibility index (Phi) is 6.36. The number of nitrogens with zero attached hydrogens (tertiary/aromatic N) is 1. The number of ether oxygens (including phenoxy) is 1. The van der Waals surface area contributed by atoms with Crippen LogP contribution in [-0.2, 0) is 9.63 Å². The number of pyridine rings is 1. The van der Waals surface area contributed by atoms with Crippen LogP contribution >= 0.6 is 0 Å². The minimum absolute atomic E-state index is 0.0774. The number of alkyl halides is 3. The van der Waals surface area contributed by atoms with E-state index in [1.807, 2.05) is 0 Å². The first-order chi connectivity index (χ1) is 12.4. The molecule has 7 nitrogen and oxygen atoms in total. The summed E-state index contributed by atoms with van der Waals surface area (Å²) < 4.78 is 41.6. The Hall–Kier alpha value is -3.30. The fourth-order valence-electron chi connectivity index (χ4n) is 1.81. The van der Waals surface area contributed by atoms with Crippen LogP contribution in [0.15, 0.2) is 48.8 Å². The van der Waals surface area contributed by atoms with Crippen LogP contribution in [0.5, 0.6) is 5.75 Å². The van der Waals surface area contributed by atoms with E-state index in [0.29, 0.717) is 6.54 Å². The first kappa shape index (κ1) is 19.0. The van der Waals surface area contributed by atoms with E-state index in [2.05, 4.69) is 15.1 Å². The van der Waals surface area contributed by atoms with Crippen LogP contribution in [0.4, 0.5) is 18.9 Å². The maximum absolute atomic E-state index is 12.1. The predicted molar refractivity (Wildman–Crippen MR) is 84.3 cm³/mol. The van der Waals surface area contributed by atoms with Crippen molar-refractivity contribution in [2.24, 2.45) is 0 Å². The van der Waals surface area contributed by atoms with Gasteiger partial charge in [-0.1, -0.05) is 12.1 Å². The summed E-state index contributed by atoms with van der Waals surface area (Å²) in [4.78, 5) is 30.1. The lowest BCUT2D eigenvalue weighted by molar-refractivity contribution is -0.204. The fourth-order valence-corrected chi connectivity index (χ4v) is 1.81. The number of hydroxylamine groups is 1. The molecule has 2 aromatic rings. The third-order valence-corrected chi connectivity index (χ3v) is 2.97. The Morgan fingerprint density at radius 1 is 1.08 bits per heavy atom. The first-order valence-corrected chi connectivity index (χ1v) is 7.32. The van der Waals surface area contributed by atoms with Gasteiger partial charge in [-0.2, -0.15) is 18.7 Å². The molecule has 0 atom stereocenters. The van der Waals surface area contributed by atoms with Crippen molar-refractivity contribution in [3.8, 4) is 5.75 Å². The first-order valence-electron chi connectivity index (χ1n) is 7.32. The average molecular weight is 369 g/mol. The number of hydrogen-bond acceptors (Lipinski definition) is 6. The molecule has 0 aliphatic heterocycles. The molecule has 138 valence electrons. The van der Waals surface area contributed by atoms with E-state index in [1.54, 1.807) is 30.6 Å². The molecule has 2 N–H and O–H groups in total. The van der Waals surface area contributed by atoms with Gasteiger partial charge in [0.1, 0.15) is 12.4 Å². The van der Waals surface area contributed by atoms with Gasteiger partial charge in [-0.15, -0.1) is 0 Å². The fraction of sp³-hybridized carbons (Fsp3) is 0.188. The van der Waals surface area contributed by atoms with Crippen molar-refractivity contribution in [2.75, 3.05) is 18.5 Å². The standard InChI is InChI=1S/C16H14F3N3O4/c17-16(18,19)15(24)26-22-14(23)12-3-1-2-4-13(12)25-10-9-21-11-5-7-20-8-6-11/h1-8H,9-10H2,(H,20,21)(H,22,23). The quantitative estimate of drug-likeness (QED) is 0.600. The van der Waals surface area contributed by atoms with Crippen molar-refractivity contribution in [1.82, 2.24) is 10.5 Å². The van der Waals surface area contributed by atoms with Crippen LogP contribution in [0.3, 0.4) is 0 Å². The van der Waals surface area contributed by atoms with Crippen molar-refractivity contribution >= 4 is 17.6 Å². The number of rotatable bonds is 6. The van der Waals surface area contributed by atoms with Gasteiger partial charge in [-0.05, 0) is 24.3 Å². The van der Waals surface area contributed by atoms with E-state index in [1.165, 1.54) is 23.7 Å². The number of para-hydroxylation sites is 1. The Morgan fingerprint density at radius 3 is 2.46 bits per heavy atom. The molecule has 0 radical (unpaired) electrons. The highest BCUT2D eigenvalue weighted by Crippen LogP contribution is 2.19. The molecule has 0 bridgehead atoms. The topological polar surface area (TPSA) is 89.5 Å². The van der Waals surface area contributed by atoms with E-state index >= 15 is 0 Å². The smallest absolute Gasteiger partial charge is 0.491 e. The molecule has 0 fully saturated rings. The predicted octanol–water partition coefficient (Wildman–Crippen LogP) is 2.32. The van der Waals surface area contributed by atoms with E-state index in [4.69, 9.17) is 4.74 Å². The van der Waals surface area contributed by atoms with Crippen LogP contribution in [0.2, 0.25) is 0 Å². The molecule has 10 heteroatoms. The molecular weight excluding hydrogens is 355 g/mol. The zero-order valence-electron chi connectivity index (χ0n) is 13.2. The summed E-state index contributed by atoms with van der Waals surface area (Å²) in [6, 6.07) is 9.38. The SMILES string of the molecule is O=C(NOC(=O)C(F)(F)F)c1ccccc1OCCNc1ccncc1. The molecule has 2 rings (SSSR count). The highest BCUT2D eigenvalue weighted by molar-refractivity contribution is 5.97. The minimum Gasteiger partial charge on any atom is -0.491 e. The number of carbonyl (C=O) groups excluding carboxylic acids is 2. The van der Waals surface area contributed by atoms with E-state index < -0.39 is 18.1 Å². The van der Waals surface area contributed by atoms with Crippen molar-refractivity contribution in [3.05, 3.63) is 54.4 Å². The molecule has 0 saturated heterocycles. The monoisotopic (exact) mass is 369 g/mol. The molecule has 1 amide bonds. The van der Waals surface area contributed by atoms with Crippen LogP contribution in [-0.4, -0.2) is 36.2 Å². The van der Waals surface area contributed by atoms with Crippen LogP contribution in [0, 0.1) is 0 Å². The number of benzene rings is 1. The molecule has 0 saturated carbocycles. The van der Waals surface area contributed by atoms with Crippen LogP contribution in [0.1, 0.15) is 10.4 Å². The highest BCUT2D eigenvalue weighted by Gasteiger charge is 2.42. The van der Waals surface area contributed by atoms with Crippen molar-refractivity contribution in [1.29, 1.82) is 0 Å². The second-order valence-corrected chi connectivity index (χ2v) is 4.83. The van der Waals surface area contributed by atoms with Gasteiger partial charge < -0.3 is 14.9 Å². The largest absolute Gasteiger partial charge is 0.493 e. The molecule has 0 aliphatic rings. The van der Waals surface area contributed by atoms with Gasteiger partial charge in [0.15, 0.2) is 0 Å². The molecule has 0 spiro atoms. The number of halogens is 3. The van der Waals surface area contributed by atoms with Gasteiger partial charge in [0, 0.05) is 24.6 Å². The van der Waals surface area contributed by atoms with Gasteiger partial charge in [0.2, 0.25) is 0 Å². The summed E-state index contributed by atoms with van der Waals surface area (Å²) >= 11 is 0. The van der Waals surface area contributed by atoms with Gasteiger partial charge in [-0.3, -0.25) is 9.78 Å². The maximum Gasteiger partial charge on any atom is 0.493 e. The molecule has 0 aliphatic carbocycles.